The van der Waals surface area contributed by atoms with Crippen LogP contribution < -0.4 is 19.9 Å². The van der Waals surface area contributed by atoms with Crippen molar-refractivity contribution >= 4 is 12.4 Å². The van der Waals surface area contributed by atoms with Gasteiger partial charge in [0.1, 0.15) is 0 Å². The Morgan fingerprint density at radius 3 is 1.78 bits per heavy atom. The molecule has 0 spiro atoms. The predicted molar refractivity (Wildman–Crippen MR) is 72.0 cm³/mol. The summed E-state index contributed by atoms with van der Waals surface area (Å²) in [4.78, 5) is 0. The predicted octanol–water partition coefficient (Wildman–Crippen LogP) is 1.51. The van der Waals surface area contributed by atoms with Crippen LogP contribution in [-0.4, -0.2) is 32.5 Å². The zero-order chi connectivity index (χ0) is 13.0. The lowest BCUT2D eigenvalue weighted by atomic mass is 10.0. The SMILES string of the molecule is COc1cc([C@@H](O)[C@H](C)N)cc(OC)c1OC.Cl. The minimum Gasteiger partial charge on any atom is -0.493 e. The Morgan fingerprint density at radius 1 is 1.06 bits per heavy atom. The first-order chi connectivity index (χ1) is 8.04. The van der Waals surface area contributed by atoms with E-state index >= 15 is 0 Å². The lowest BCUT2D eigenvalue weighted by molar-refractivity contribution is 0.152. The van der Waals surface area contributed by atoms with Crippen molar-refractivity contribution < 1.29 is 19.3 Å². The van der Waals surface area contributed by atoms with Gasteiger partial charge in [-0.1, -0.05) is 0 Å². The molecular formula is C12H20ClNO4. The Labute approximate surface area is 113 Å². The minimum absolute atomic E-state index is 0. The second kappa shape index (κ2) is 7.31. The number of benzene rings is 1. The lowest BCUT2D eigenvalue weighted by Crippen LogP contribution is -2.24. The maximum absolute atomic E-state index is 9.92. The Balaban J connectivity index is 0.00000289. The van der Waals surface area contributed by atoms with Crippen molar-refractivity contribution in [1.82, 2.24) is 0 Å². The Bertz CT molecular complexity index is 359. The van der Waals surface area contributed by atoms with Gasteiger partial charge in [-0.25, -0.2) is 0 Å². The molecule has 0 radical (unpaired) electrons. The standard InChI is InChI=1S/C12H19NO4.ClH/c1-7(13)11(14)8-5-9(15-2)12(17-4)10(6-8)16-3;/h5-7,11,14H,13H2,1-4H3;1H/t7-,11-;/m0./s1. The second-order valence-electron chi connectivity index (χ2n) is 3.76. The average Bonchev–Trinajstić information content (AvgIpc) is 2.35. The first kappa shape index (κ1) is 16.8. The van der Waals surface area contributed by atoms with Crippen LogP contribution >= 0.6 is 12.4 Å². The fourth-order valence-electron chi connectivity index (χ4n) is 1.58. The molecule has 6 heteroatoms. The third-order valence-electron chi connectivity index (χ3n) is 2.53. The second-order valence-corrected chi connectivity index (χ2v) is 3.76. The van der Waals surface area contributed by atoms with Gasteiger partial charge in [-0.05, 0) is 24.6 Å². The molecule has 3 N–H and O–H groups in total. The van der Waals surface area contributed by atoms with Crippen LogP contribution in [0.5, 0.6) is 17.2 Å². The molecule has 1 rings (SSSR count). The molecule has 0 aliphatic heterocycles. The molecule has 0 heterocycles. The van der Waals surface area contributed by atoms with E-state index in [1.54, 1.807) is 19.1 Å². The van der Waals surface area contributed by atoms with Crippen molar-refractivity contribution in [3.05, 3.63) is 17.7 Å². The van der Waals surface area contributed by atoms with Crippen LogP contribution in [0.4, 0.5) is 0 Å². The molecule has 2 atom stereocenters. The fourth-order valence-corrected chi connectivity index (χ4v) is 1.58. The molecule has 0 fully saturated rings. The molecule has 1 aromatic rings. The zero-order valence-corrected chi connectivity index (χ0v) is 11.8. The van der Waals surface area contributed by atoms with E-state index in [1.165, 1.54) is 21.3 Å². The summed E-state index contributed by atoms with van der Waals surface area (Å²) < 4.78 is 15.6. The molecule has 0 saturated carbocycles. The summed E-state index contributed by atoms with van der Waals surface area (Å²) in [6.45, 7) is 1.73. The Morgan fingerprint density at radius 2 is 1.50 bits per heavy atom. The summed E-state index contributed by atoms with van der Waals surface area (Å²) in [5, 5.41) is 9.92. The Kier molecular flexibility index (Phi) is 6.83. The number of ether oxygens (including phenoxy) is 3. The number of halogens is 1. The van der Waals surface area contributed by atoms with Gasteiger partial charge < -0.3 is 25.1 Å². The summed E-state index contributed by atoms with van der Waals surface area (Å²) in [5.74, 6) is 1.50. The number of nitrogens with two attached hydrogens (primary N) is 1. The summed E-state index contributed by atoms with van der Waals surface area (Å²) in [6.07, 6.45) is -0.774. The van der Waals surface area contributed by atoms with Gasteiger partial charge in [0.25, 0.3) is 0 Å². The van der Waals surface area contributed by atoms with Gasteiger partial charge in [-0.2, -0.15) is 0 Å². The van der Waals surface area contributed by atoms with Gasteiger partial charge in [0.2, 0.25) is 5.75 Å². The van der Waals surface area contributed by atoms with Gasteiger partial charge in [-0.3, -0.25) is 0 Å². The highest BCUT2D eigenvalue weighted by molar-refractivity contribution is 5.85. The van der Waals surface area contributed by atoms with E-state index in [9.17, 15) is 5.11 Å². The largest absolute Gasteiger partial charge is 0.493 e. The Hall–Kier alpha value is -1.17. The maximum atomic E-state index is 9.92. The fraction of sp³-hybridized carbons (Fsp3) is 0.500. The van der Waals surface area contributed by atoms with Gasteiger partial charge in [-0.15, -0.1) is 12.4 Å². The number of aliphatic hydroxyl groups is 1. The highest BCUT2D eigenvalue weighted by Gasteiger charge is 2.19. The number of hydrogen-bond donors (Lipinski definition) is 2. The molecule has 0 amide bonds. The van der Waals surface area contributed by atoms with Crippen LogP contribution in [0.25, 0.3) is 0 Å². The van der Waals surface area contributed by atoms with Crippen molar-refractivity contribution in [2.45, 2.75) is 19.1 Å². The van der Waals surface area contributed by atoms with E-state index < -0.39 is 6.10 Å². The van der Waals surface area contributed by atoms with E-state index in [0.717, 1.165) is 0 Å². The number of aliphatic hydroxyl groups excluding tert-OH is 1. The van der Waals surface area contributed by atoms with Crippen molar-refractivity contribution in [3.8, 4) is 17.2 Å². The summed E-state index contributed by atoms with van der Waals surface area (Å²) >= 11 is 0. The van der Waals surface area contributed by atoms with Crippen molar-refractivity contribution in [2.75, 3.05) is 21.3 Å². The highest BCUT2D eigenvalue weighted by atomic mass is 35.5. The topological polar surface area (TPSA) is 73.9 Å². The van der Waals surface area contributed by atoms with Crippen molar-refractivity contribution in [1.29, 1.82) is 0 Å². The molecule has 104 valence electrons. The van der Waals surface area contributed by atoms with Crippen LogP contribution in [-0.2, 0) is 0 Å². The van der Waals surface area contributed by atoms with Gasteiger partial charge in [0.15, 0.2) is 11.5 Å². The molecule has 18 heavy (non-hydrogen) atoms. The minimum atomic E-state index is -0.774. The number of methoxy groups -OCH3 is 3. The summed E-state index contributed by atoms with van der Waals surface area (Å²) in [7, 11) is 4.58. The van der Waals surface area contributed by atoms with E-state index in [4.69, 9.17) is 19.9 Å². The lowest BCUT2D eigenvalue weighted by Gasteiger charge is -2.19. The van der Waals surface area contributed by atoms with Gasteiger partial charge in [0.05, 0.1) is 27.4 Å². The van der Waals surface area contributed by atoms with Gasteiger partial charge >= 0.3 is 0 Å². The third-order valence-corrected chi connectivity index (χ3v) is 2.53. The smallest absolute Gasteiger partial charge is 0.203 e. The van der Waals surface area contributed by atoms with E-state index in [-0.39, 0.29) is 18.4 Å². The quantitative estimate of drug-likeness (QED) is 0.853. The molecule has 5 nitrogen and oxygen atoms in total. The van der Waals surface area contributed by atoms with Crippen LogP contribution in [0, 0.1) is 0 Å². The number of hydrogen-bond acceptors (Lipinski definition) is 5. The maximum Gasteiger partial charge on any atom is 0.203 e. The number of rotatable bonds is 5. The third kappa shape index (κ3) is 3.41. The molecule has 0 saturated heterocycles. The molecule has 0 unspecified atom stereocenters. The monoisotopic (exact) mass is 277 g/mol. The van der Waals surface area contributed by atoms with E-state index in [1.807, 2.05) is 0 Å². The molecular weight excluding hydrogens is 258 g/mol. The summed E-state index contributed by atoms with van der Waals surface area (Å²) in [6, 6.07) is 3.00. The molecule has 0 aliphatic carbocycles. The van der Waals surface area contributed by atoms with E-state index in [0.29, 0.717) is 22.8 Å². The molecule has 0 bridgehead atoms. The molecule has 0 aromatic heterocycles. The average molecular weight is 278 g/mol. The molecule has 0 aliphatic rings. The van der Waals surface area contributed by atoms with Crippen molar-refractivity contribution in [3.63, 3.8) is 0 Å². The highest BCUT2D eigenvalue weighted by Crippen LogP contribution is 2.39. The summed E-state index contributed by atoms with van der Waals surface area (Å²) in [5.41, 5.74) is 6.29. The van der Waals surface area contributed by atoms with Crippen LogP contribution in [0.2, 0.25) is 0 Å². The first-order valence-corrected chi connectivity index (χ1v) is 5.28. The molecule has 1 aromatic carbocycles. The van der Waals surface area contributed by atoms with Gasteiger partial charge in [0, 0.05) is 6.04 Å². The zero-order valence-electron chi connectivity index (χ0n) is 11.0. The van der Waals surface area contributed by atoms with Crippen molar-refractivity contribution in [2.24, 2.45) is 5.73 Å². The first-order valence-electron chi connectivity index (χ1n) is 5.28. The normalized spacial score (nSPS) is 13.2. The van der Waals surface area contributed by atoms with Crippen LogP contribution in [0.15, 0.2) is 12.1 Å². The van der Waals surface area contributed by atoms with E-state index in [2.05, 4.69) is 0 Å². The van der Waals surface area contributed by atoms with Crippen LogP contribution in [0.1, 0.15) is 18.6 Å². The van der Waals surface area contributed by atoms with Crippen LogP contribution in [0.3, 0.4) is 0 Å².